The summed E-state index contributed by atoms with van der Waals surface area (Å²) in [6.07, 6.45) is 9.98. The van der Waals surface area contributed by atoms with Gasteiger partial charge >= 0.3 is 0 Å². The van der Waals surface area contributed by atoms with Gasteiger partial charge in [-0.25, -0.2) is 4.98 Å². The third kappa shape index (κ3) is 5.25. The Morgan fingerprint density at radius 1 is 1.14 bits per heavy atom. The molecular weight excluding hydrogens is 270 g/mol. The summed E-state index contributed by atoms with van der Waals surface area (Å²) in [6.45, 7) is 1.64. The number of unbranched alkanes of at least 4 members (excludes halogenated alkanes) is 3. The summed E-state index contributed by atoms with van der Waals surface area (Å²) in [5.74, 6) is 0.680. The fourth-order valence-corrected chi connectivity index (χ4v) is 2.02. The van der Waals surface area contributed by atoms with Crippen LogP contribution in [0.15, 0.2) is 43.0 Å². The maximum absolute atomic E-state index is 10.5. The van der Waals surface area contributed by atoms with Crippen molar-refractivity contribution in [2.75, 3.05) is 6.61 Å². The number of aromatic nitrogens is 2. The fourth-order valence-electron chi connectivity index (χ4n) is 2.02. The Labute approximate surface area is 123 Å². The number of imidazole rings is 1. The second-order valence-corrected chi connectivity index (χ2v) is 4.81. The van der Waals surface area contributed by atoms with Crippen molar-refractivity contribution in [1.29, 1.82) is 0 Å². The van der Waals surface area contributed by atoms with Crippen LogP contribution in [0.4, 0.5) is 5.69 Å². The van der Waals surface area contributed by atoms with Crippen LogP contribution in [-0.4, -0.2) is 21.1 Å². The lowest BCUT2D eigenvalue weighted by atomic mass is 10.2. The van der Waals surface area contributed by atoms with Gasteiger partial charge in [0.15, 0.2) is 0 Å². The van der Waals surface area contributed by atoms with Crippen molar-refractivity contribution >= 4 is 5.69 Å². The molecule has 0 N–H and O–H groups in total. The summed E-state index contributed by atoms with van der Waals surface area (Å²) in [4.78, 5) is 14.1. The number of hydrogen-bond acceptors (Lipinski definition) is 4. The van der Waals surface area contributed by atoms with Gasteiger partial charge in [0.05, 0.1) is 17.9 Å². The molecule has 0 aliphatic carbocycles. The highest BCUT2D eigenvalue weighted by Crippen LogP contribution is 2.17. The smallest absolute Gasteiger partial charge is 0.269 e. The van der Waals surface area contributed by atoms with Gasteiger partial charge in [-0.15, -0.1) is 0 Å². The lowest BCUT2D eigenvalue weighted by Gasteiger charge is -2.06. The first kappa shape index (κ1) is 15.0. The minimum atomic E-state index is -0.413. The third-order valence-corrected chi connectivity index (χ3v) is 3.19. The number of nitro groups is 1. The van der Waals surface area contributed by atoms with E-state index in [0.717, 1.165) is 32.2 Å². The van der Waals surface area contributed by atoms with E-state index in [0.29, 0.717) is 12.4 Å². The first-order valence-electron chi connectivity index (χ1n) is 7.09. The highest BCUT2D eigenvalue weighted by Gasteiger charge is 2.03. The second-order valence-electron chi connectivity index (χ2n) is 4.81. The quantitative estimate of drug-likeness (QED) is 0.403. The Bertz CT molecular complexity index is 538. The van der Waals surface area contributed by atoms with E-state index in [9.17, 15) is 10.1 Å². The molecule has 2 aromatic rings. The van der Waals surface area contributed by atoms with Crippen LogP contribution in [0.3, 0.4) is 0 Å². The molecule has 0 fully saturated rings. The summed E-state index contributed by atoms with van der Waals surface area (Å²) in [6, 6.07) is 6.19. The Balaban J connectivity index is 1.54. The molecule has 6 nitrogen and oxygen atoms in total. The van der Waals surface area contributed by atoms with Crippen molar-refractivity contribution in [1.82, 2.24) is 9.55 Å². The molecule has 0 saturated heterocycles. The van der Waals surface area contributed by atoms with Crippen LogP contribution < -0.4 is 4.74 Å². The molecule has 0 bridgehead atoms. The van der Waals surface area contributed by atoms with Crippen molar-refractivity contribution in [2.45, 2.75) is 32.2 Å². The summed E-state index contributed by atoms with van der Waals surface area (Å²) in [7, 11) is 0. The Morgan fingerprint density at radius 3 is 2.57 bits per heavy atom. The van der Waals surface area contributed by atoms with Gasteiger partial charge in [0, 0.05) is 31.1 Å². The molecule has 0 aliphatic rings. The highest BCUT2D eigenvalue weighted by atomic mass is 16.6. The minimum absolute atomic E-state index is 0.0850. The normalized spacial score (nSPS) is 10.5. The zero-order valence-corrected chi connectivity index (χ0v) is 11.9. The zero-order valence-electron chi connectivity index (χ0n) is 11.9. The van der Waals surface area contributed by atoms with Gasteiger partial charge in [-0.05, 0) is 25.0 Å². The predicted octanol–water partition coefficient (Wildman–Crippen LogP) is 3.43. The maximum atomic E-state index is 10.5. The van der Waals surface area contributed by atoms with Crippen LogP contribution >= 0.6 is 0 Å². The molecule has 112 valence electrons. The van der Waals surface area contributed by atoms with Gasteiger partial charge < -0.3 is 9.30 Å². The van der Waals surface area contributed by atoms with E-state index in [1.165, 1.54) is 12.1 Å². The Morgan fingerprint density at radius 2 is 1.90 bits per heavy atom. The molecular formula is C15H19N3O3. The molecule has 0 amide bonds. The molecule has 0 spiro atoms. The van der Waals surface area contributed by atoms with Crippen LogP contribution in [-0.2, 0) is 6.54 Å². The van der Waals surface area contributed by atoms with E-state index in [1.54, 1.807) is 18.3 Å². The SMILES string of the molecule is O=[N+]([O-])c1ccc(OCCCCCCn2ccnc2)cc1. The molecule has 1 aromatic carbocycles. The topological polar surface area (TPSA) is 70.2 Å². The predicted molar refractivity (Wildman–Crippen MR) is 79.3 cm³/mol. The second kappa shape index (κ2) is 8.04. The van der Waals surface area contributed by atoms with Gasteiger partial charge in [0.1, 0.15) is 5.75 Å². The first-order valence-corrected chi connectivity index (χ1v) is 7.09. The van der Waals surface area contributed by atoms with Crippen molar-refractivity contribution in [3.8, 4) is 5.75 Å². The van der Waals surface area contributed by atoms with Crippen LogP contribution in [0.5, 0.6) is 5.75 Å². The Kier molecular flexibility index (Phi) is 5.75. The van der Waals surface area contributed by atoms with Gasteiger partial charge in [-0.2, -0.15) is 0 Å². The number of nitrogens with zero attached hydrogens (tertiary/aromatic N) is 3. The maximum Gasteiger partial charge on any atom is 0.269 e. The van der Waals surface area contributed by atoms with E-state index in [1.807, 2.05) is 12.5 Å². The van der Waals surface area contributed by atoms with Crippen molar-refractivity contribution in [2.24, 2.45) is 0 Å². The number of non-ortho nitro benzene ring substituents is 1. The van der Waals surface area contributed by atoms with E-state index in [2.05, 4.69) is 9.55 Å². The average Bonchev–Trinajstić information content (AvgIpc) is 3.00. The summed E-state index contributed by atoms with van der Waals surface area (Å²) < 4.78 is 7.63. The van der Waals surface area contributed by atoms with Crippen LogP contribution in [0.2, 0.25) is 0 Å². The summed E-state index contributed by atoms with van der Waals surface area (Å²) in [5, 5.41) is 10.5. The van der Waals surface area contributed by atoms with Crippen LogP contribution in [0.25, 0.3) is 0 Å². The van der Waals surface area contributed by atoms with Crippen LogP contribution in [0.1, 0.15) is 25.7 Å². The highest BCUT2D eigenvalue weighted by molar-refractivity contribution is 5.35. The molecule has 0 atom stereocenters. The van der Waals surface area contributed by atoms with Gasteiger partial charge in [0.25, 0.3) is 5.69 Å². The fraction of sp³-hybridized carbons (Fsp3) is 0.400. The van der Waals surface area contributed by atoms with E-state index in [4.69, 9.17) is 4.74 Å². The monoisotopic (exact) mass is 289 g/mol. The van der Waals surface area contributed by atoms with Crippen LogP contribution in [0, 0.1) is 10.1 Å². The summed E-state index contributed by atoms with van der Waals surface area (Å²) in [5.41, 5.74) is 0.0850. The van der Waals surface area contributed by atoms with Crippen molar-refractivity contribution in [3.63, 3.8) is 0 Å². The number of nitro benzene ring substituents is 1. The number of rotatable bonds is 9. The molecule has 0 saturated carbocycles. The van der Waals surface area contributed by atoms with Crippen molar-refractivity contribution < 1.29 is 9.66 Å². The molecule has 1 aromatic heterocycles. The molecule has 6 heteroatoms. The number of ether oxygens (including phenoxy) is 1. The van der Waals surface area contributed by atoms with E-state index < -0.39 is 4.92 Å². The van der Waals surface area contributed by atoms with Gasteiger partial charge in [0.2, 0.25) is 0 Å². The number of benzene rings is 1. The molecule has 1 heterocycles. The molecule has 0 aliphatic heterocycles. The molecule has 21 heavy (non-hydrogen) atoms. The first-order chi connectivity index (χ1) is 10.3. The number of aryl methyl sites for hydroxylation is 1. The standard InChI is InChI=1S/C15H19N3O3/c19-18(20)14-5-7-15(8-6-14)21-12-4-2-1-3-10-17-11-9-16-13-17/h5-9,11,13H,1-4,10,12H2. The minimum Gasteiger partial charge on any atom is -0.494 e. The largest absolute Gasteiger partial charge is 0.494 e. The molecule has 0 radical (unpaired) electrons. The lowest BCUT2D eigenvalue weighted by Crippen LogP contribution is -1.98. The molecule has 0 unspecified atom stereocenters. The summed E-state index contributed by atoms with van der Waals surface area (Å²) >= 11 is 0. The van der Waals surface area contributed by atoms with Crippen molar-refractivity contribution in [3.05, 3.63) is 53.1 Å². The zero-order chi connectivity index (χ0) is 14.9. The Hall–Kier alpha value is -2.37. The average molecular weight is 289 g/mol. The van der Waals surface area contributed by atoms with E-state index in [-0.39, 0.29) is 5.69 Å². The third-order valence-electron chi connectivity index (χ3n) is 3.19. The lowest BCUT2D eigenvalue weighted by molar-refractivity contribution is -0.384. The van der Waals surface area contributed by atoms with E-state index >= 15 is 0 Å². The number of hydrogen-bond donors (Lipinski definition) is 0. The van der Waals surface area contributed by atoms with Gasteiger partial charge in [-0.1, -0.05) is 12.8 Å². The molecule has 2 rings (SSSR count). The van der Waals surface area contributed by atoms with Gasteiger partial charge in [-0.3, -0.25) is 10.1 Å².